The van der Waals surface area contributed by atoms with Crippen LogP contribution in [0, 0.1) is 5.82 Å². The van der Waals surface area contributed by atoms with Gasteiger partial charge in [-0.3, -0.25) is 0 Å². The molecule has 0 aliphatic carbocycles. The number of rotatable bonds is 3. The Morgan fingerprint density at radius 3 is 2.77 bits per heavy atom. The summed E-state index contributed by atoms with van der Waals surface area (Å²) in [4.78, 5) is 0. The molecule has 0 aromatic heterocycles. The molecule has 0 spiro atoms. The second-order valence-electron chi connectivity index (χ2n) is 2.79. The molecule has 1 rings (SSSR count). The van der Waals surface area contributed by atoms with Gasteiger partial charge >= 0.3 is 0 Å². The van der Waals surface area contributed by atoms with Crippen LogP contribution in [0.4, 0.5) is 4.39 Å². The first-order chi connectivity index (χ1) is 6.15. The van der Waals surface area contributed by atoms with Crippen molar-refractivity contribution < 1.29 is 9.50 Å². The summed E-state index contributed by atoms with van der Waals surface area (Å²) in [5.74, 6) is -0.457. The molecule has 3 N–H and O–H groups in total. The fourth-order valence-electron chi connectivity index (χ4n) is 1.05. The smallest absolute Gasteiger partial charge is 0.141 e. The lowest BCUT2D eigenvalue weighted by molar-refractivity contribution is 0.276. The molecule has 4 heteroatoms. The number of nitrogens with two attached hydrogens (primary N) is 1. The van der Waals surface area contributed by atoms with Gasteiger partial charge < -0.3 is 10.8 Å². The third-order valence-electron chi connectivity index (χ3n) is 1.81. The molecule has 0 heterocycles. The molecule has 1 atom stereocenters. The van der Waals surface area contributed by atoms with Crippen molar-refractivity contribution in [2.24, 2.45) is 5.73 Å². The topological polar surface area (TPSA) is 46.2 Å². The summed E-state index contributed by atoms with van der Waals surface area (Å²) in [6.07, 6.45) is 0.446. The first-order valence-electron chi connectivity index (χ1n) is 3.96. The molecule has 72 valence electrons. The van der Waals surface area contributed by atoms with Gasteiger partial charge in [0, 0.05) is 12.6 Å². The Labute approximate surface area is 81.1 Å². The highest BCUT2D eigenvalue weighted by molar-refractivity contribution is 6.30. The predicted molar refractivity (Wildman–Crippen MR) is 50.0 cm³/mol. The minimum absolute atomic E-state index is 0.0101. The van der Waals surface area contributed by atoms with Crippen molar-refractivity contribution in [2.75, 3.05) is 6.61 Å². The summed E-state index contributed by atoms with van der Waals surface area (Å²) in [7, 11) is 0. The molecule has 0 fully saturated rings. The van der Waals surface area contributed by atoms with Crippen LogP contribution in [0.3, 0.4) is 0 Å². The highest BCUT2D eigenvalue weighted by atomic mass is 35.5. The maximum atomic E-state index is 12.7. The van der Waals surface area contributed by atoms with Crippen LogP contribution in [0.2, 0.25) is 5.02 Å². The lowest BCUT2D eigenvalue weighted by Gasteiger charge is -2.10. The second-order valence-corrected chi connectivity index (χ2v) is 3.20. The molecule has 0 bridgehead atoms. The quantitative estimate of drug-likeness (QED) is 0.788. The minimum atomic E-state index is -0.457. The van der Waals surface area contributed by atoms with Gasteiger partial charge in [-0.15, -0.1) is 0 Å². The lowest BCUT2D eigenvalue weighted by Crippen LogP contribution is -2.11. The normalized spacial score (nSPS) is 12.9. The summed E-state index contributed by atoms with van der Waals surface area (Å²) in [6.45, 7) is 0.0101. The first-order valence-corrected chi connectivity index (χ1v) is 4.34. The van der Waals surface area contributed by atoms with E-state index in [9.17, 15) is 4.39 Å². The molecule has 0 saturated carbocycles. The van der Waals surface area contributed by atoms with E-state index in [1.54, 1.807) is 6.07 Å². The summed E-state index contributed by atoms with van der Waals surface area (Å²) in [5.41, 5.74) is 6.42. The van der Waals surface area contributed by atoms with Gasteiger partial charge in [-0.05, 0) is 24.1 Å². The summed E-state index contributed by atoms with van der Waals surface area (Å²) in [6, 6.07) is 4.04. The minimum Gasteiger partial charge on any atom is -0.396 e. The van der Waals surface area contributed by atoms with Crippen molar-refractivity contribution in [3.63, 3.8) is 0 Å². The average Bonchev–Trinajstić information content (AvgIpc) is 2.10. The Bertz CT molecular complexity index is 293. The van der Waals surface area contributed by atoms with Gasteiger partial charge in [-0.1, -0.05) is 17.7 Å². The van der Waals surface area contributed by atoms with Crippen molar-refractivity contribution in [2.45, 2.75) is 12.5 Å². The summed E-state index contributed by atoms with van der Waals surface area (Å²) in [5, 5.41) is 8.70. The monoisotopic (exact) mass is 203 g/mol. The standard InChI is InChI=1S/C9H11ClFNO/c10-7-5-6(1-2-8(7)11)9(12)3-4-13/h1-2,5,9,13H,3-4,12H2/t9-/m0/s1. The summed E-state index contributed by atoms with van der Waals surface area (Å²) >= 11 is 5.57. The van der Waals surface area contributed by atoms with Crippen molar-refractivity contribution in [3.8, 4) is 0 Å². The van der Waals surface area contributed by atoms with Crippen molar-refractivity contribution in [1.82, 2.24) is 0 Å². The Balaban J connectivity index is 2.84. The predicted octanol–water partition coefficient (Wildman–Crippen LogP) is 1.86. The van der Waals surface area contributed by atoms with Crippen molar-refractivity contribution in [3.05, 3.63) is 34.6 Å². The van der Waals surface area contributed by atoms with E-state index in [1.165, 1.54) is 12.1 Å². The molecule has 0 radical (unpaired) electrons. The van der Waals surface area contributed by atoms with E-state index in [0.717, 1.165) is 5.56 Å². The van der Waals surface area contributed by atoms with Crippen LogP contribution in [0.5, 0.6) is 0 Å². The van der Waals surface area contributed by atoms with E-state index in [4.69, 9.17) is 22.4 Å². The lowest BCUT2D eigenvalue weighted by atomic mass is 10.1. The Morgan fingerprint density at radius 2 is 2.23 bits per heavy atom. The number of aliphatic hydroxyl groups excluding tert-OH is 1. The highest BCUT2D eigenvalue weighted by Crippen LogP contribution is 2.20. The van der Waals surface area contributed by atoms with Gasteiger partial charge in [0.25, 0.3) is 0 Å². The third kappa shape index (κ3) is 2.66. The van der Waals surface area contributed by atoms with Crippen molar-refractivity contribution in [1.29, 1.82) is 0 Å². The van der Waals surface area contributed by atoms with E-state index in [0.29, 0.717) is 6.42 Å². The molecule has 1 aromatic carbocycles. The molecule has 1 aromatic rings. The van der Waals surface area contributed by atoms with Crippen LogP contribution in [0.1, 0.15) is 18.0 Å². The fourth-order valence-corrected chi connectivity index (χ4v) is 1.24. The summed E-state index contributed by atoms with van der Waals surface area (Å²) < 4.78 is 12.7. The van der Waals surface area contributed by atoms with Crippen LogP contribution in [0.25, 0.3) is 0 Å². The number of halogens is 2. The van der Waals surface area contributed by atoms with Crippen LogP contribution < -0.4 is 5.73 Å². The molecule has 13 heavy (non-hydrogen) atoms. The van der Waals surface area contributed by atoms with Gasteiger partial charge in [0.05, 0.1) is 5.02 Å². The van der Waals surface area contributed by atoms with E-state index in [-0.39, 0.29) is 17.7 Å². The Morgan fingerprint density at radius 1 is 1.54 bits per heavy atom. The SMILES string of the molecule is N[C@@H](CCO)c1ccc(F)c(Cl)c1. The van der Waals surface area contributed by atoms with Crippen LogP contribution in [0.15, 0.2) is 18.2 Å². The molecule has 0 aliphatic rings. The zero-order valence-electron chi connectivity index (χ0n) is 7.00. The molecule has 2 nitrogen and oxygen atoms in total. The molecule has 0 aliphatic heterocycles. The maximum Gasteiger partial charge on any atom is 0.141 e. The van der Waals surface area contributed by atoms with Gasteiger partial charge in [-0.25, -0.2) is 4.39 Å². The van der Waals surface area contributed by atoms with Crippen molar-refractivity contribution >= 4 is 11.6 Å². The van der Waals surface area contributed by atoms with Gasteiger partial charge in [-0.2, -0.15) is 0 Å². The maximum absolute atomic E-state index is 12.7. The third-order valence-corrected chi connectivity index (χ3v) is 2.10. The van der Waals surface area contributed by atoms with E-state index in [1.807, 2.05) is 0 Å². The number of aliphatic hydroxyl groups is 1. The first kappa shape index (κ1) is 10.4. The van der Waals surface area contributed by atoms with Crippen LogP contribution in [-0.4, -0.2) is 11.7 Å². The van der Waals surface area contributed by atoms with Gasteiger partial charge in [0.1, 0.15) is 5.82 Å². The van der Waals surface area contributed by atoms with E-state index >= 15 is 0 Å². The number of hydrogen-bond acceptors (Lipinski definition) is 2. The van der Waals surface area contributed by atoms with E-state index in [2.05, 4.69) is 0 Å². The van der Waals surface area contributed by atoms with Crippen LogP contribution in [-0.2, 0) is 0 Å². The highest BCUT2D eigenvalue weighted by Gasteiger charge is 2.07. The average molecular weight is 204 g/mol. The zero-order chi connectivity index (χ0) is 9.84. The zero-order valence-corrected chi connectivity index (χ0v) is 7.76. The molecular formula is C9H11ClFNO. The molecule has 0 amide bonds. The second kappa shape index (κ2) is 4.56. The Kier molecular flexibility index (Phi) is 3.66. The number of hydrogen-bond donors (Lipinski definition) is 2. The van der Waals surface area contributed by atoms with Gasteiger partial charge in [0.2, 0.25) is 0 Å². The molecular weight excluding hydrogens is 193 g/mol. The molecule has 0 saturated heterocycles. The molecule has 0 unspecified atom stereocenters. The fraction of sp³-hybridized carbons (Fsp3) is 0.333. The number of benzene rings is 1. The Hall–Kier alpha value is -0.640. The van der Waals surface area contributed by atoms with Crippen LogP contribution >= 0.6 is 11.6 Å². The largest absolute Gasteiger partial charge is 0.396 e. The van der Waals surface area contributed by atoms with E-state index < -0.39 is 5.82 Å². The van der Waals surface area contributed by atoms with Gasteiger partial charge in [0.15, 0.2) is 0 Å².